The summed E-state index contributed by atoms with van der Waals surface area (Å²) in [7, 11) is 0. The lowest BCUT2D eigenvalue weighted by Gasteiger charge is -2.26. The van der Waals surface area contributed by atoms with Crippen LogP contribution in [0.25, 0.3) is 0 Å². The van der Waals surface area contributed by atoms with E-state index in [4.69, 9.17) is 5.73 Å². The van der Waals surface area contributed by atoms with Gasteiger partial charge in [0.2, 0.25) is 11.7 Å². The molecule has 0 fully saturated rings. The predicted octanol–water partition coefficient (Wildman–Crippen LogP) is 2.45. The third-order valence-corrected chi connectivity index (χ3v) is 2.29. The lowest BCUT2D eigenvalue weighted by molar-refractivity contribution is -0.118. The first-order valence-electron chi connectivity index (χ1n) is 5.14. The van der Waals surface area contributed by atoms with Crippen molar-refractivity contribution in [3.63, 3.8) is 0 Å². The first kappa shape index (κ1) is 15.2. The van der Waals surface area contributed by atoms with E-state index in [0.717, 1.165) is 0 Å². The number of rotatable bonds is 4. The lowest BCUT2D eigenvalue weighted by Crippen LogP contribution is -2.37. The van der Waals surface area contributed by atoms with Gasteiger partial charge >= 0.3 is 0 Å². The quantitative estimate of drug-likeness (QED) is 0.506. The van der Waals surface area contributed by atoms with Gasteiger partial charge in [-0.2, -0.15) is 0 Å². The highest BCUT2D eigenvalue weighted by Gasteiger charge is 2.30. The van der Waals surface area contributed by atoms with Gasteiger partial charge in [0.05, 0.1) is 0 Å². The van der Waals surface area contributed by atoms with E-state index < -0.39 is 46.2 Å². The summed E-state index contributed by atoms with van der Waals surface area (Å²) in [5, 5.41) is 2.10. The van der Waals surface area contributed by atoms with E-state index in [2.05, 4.69) is 5.32 Å². The predicted molar refractivity (Wildman–Crippen MR) is 57.7 cm³/mol. The summed E-state index contributed by atoms with van der Waals surface area (Å²) >= 11 is 0. The smallest absolute Gasteiger partial charge is 0.219 e. The van der Waals surface area contributed by atoms with Gasteiger partial charge in [-0.1, -0.05) is 0 Å². The molecule has 0 spiro atoms. The summed E-state index contributed by atoms with van der Waals surface area (Å²) in [6.45, 7) is 2.66. The molecule has 0 heterocycles. The maximum atomic E-state index is 13.4. The van der Waals surface area contributed by atoms with E-state index in [1.54, 1.807) is 0 Å². The fraction of sp³-hybridized carbons (Fsp3) is 0.364. The lowest BCUT2D eigenvalue weighted by atomic mass is 9.99. The molecule has 0 bridgehead atoms. The Labute approximate surface area is 105 Å². The van der Waals surface area contributed by atoms with Crippen LogP contribution >= 0.6 is 0 Å². The maximum absolute atomic E-state index is 13.4. The minimum atomic E-state index is -2.24. The van der Waals surface area contributed by atoms with Crippen molar-refractivity contribution in [2.24, 2.45) is 5.73 Å². The number of anilines is 1. The first-order chi connectivity index (χ1) is 8.57. The Morgan fingerprint density at radius 2 is 1.37 bits per heavy atom. The summed E-state index contributed by atoms with van der Waals surface area (Å²) in [5.74, 6) is -11.1. The number of amides is 1. The highest BCUT2D eigenvalue weighted by molar-refractivity contribution is 5.75. The van der Waals surface area contributed by atoms with E-state index in [1.807, 2.05) is 0 Å². The number of hydrogen-bond donors (Lipinski definition) is 2. The van der Waals surface area contributed by atoms with Crippen LogP contribution < -0.4 is 11.1 Å². The second-order valence-electron chi connectivity index (χ2n) is 4.60. The Morgan fingerprint density at radius 3 is 1.74 bits per heavy atom. The highest BCUT2D eigenvalue weighted by Crippen LogP contribution is 2.29. The molecule has 0 aliphatic heterocycles. The van der Waals surface area contributed by atoms with Crippen molar-refractivity contribution in [1.82, 2.24) is 0 Å². The van der Waals surface area contributed by atoms with Crippen LogP contribution in [0.3, 0.4) is 0 Å². The van der Waals surface area contributed by atoms with E-state index in [0.29, 0.717) is 0 Å². The highest BCUT2D eigenvalue weighted by atomic mass is 19.2. The van der Waals surface area contributed by atoms with E-state index in [9.17, 15) is 26.7 Å². The summed E-state index contributed by atoms with van der Waals surface area (Å²) in [5.41, 5.74) is 2.45. The number of carbonyl (C=O) groups is 1. The van der Waals surface area contributed by atoms with Crippen molar-refractivity contribution in [2.45, 2.75) is 25.8 Å². The number of halogens is 5. The van der Waals surface area contributed by atoms with Crippen LogP contribution in [0, 0.1) is 29.1 Å². The average Bonchev–Trinajstić information content (AvgIpc) is 2.28. The number of benzene rings is 1. The third kappa shape index (κ3) is 3.12. The van der Waals surface area contributed by atoms with Gasteiger partial charge in [-0.05, 0) is 13.8 Å². The fourth-order valence-electron chi connectivity index (χ4n) is 1.53. The van der Waals surface area contributed by atoms with Gasteiger partial charge in [0.25, 0.3) is 0 Å². The standard InChI is InChI=1S/C11H11F5N2O/c1-11(2,3-4(17)19)18-10-8(15)6(13)5(12)7(14)9(10)16/h18H,3H2,1-2H3,(H2,17,19). The fourth-order valence-corrected chi connectivity index (χ4v) is 1.53. The zero-order valence-electron chi connectivity index (χ0n) is 10.1. The molecule has 106 valence electrons. The normalized spacial score (nSPS) is 11.5. The second-order valence-corrected chi connectivity index (χ2v) is 4.60. The number of carbonyl (C=O) groups excluding carboxylic acids is 1. The molecule has 0 saturated carbocycles. The Hall–Kier alpha value is -1.86. The molecule has 0 atom stereocenters. The van der Waals surface area contributed by atoms with Crippen molar-refractivity contribution >= 4 is 11.6 Å². The van der Waals surface area contributed by atoms with Crippen LogP contribution in [0.2, 0.25) is 0 Å². The van der Waals surface area contributed by atoms with E-state index in [1.165, 1.54) is 13.8 Å². The van der Waals surface area contributed by atoms with Gasteiger partial charge in [-0.15, -0.1) is 0 Å². The van der Waals surface area contributed by atoms with E-state index >= 15 is 0 Å². The molecule has 1 rings (SSSR count). The van der Waals surface area contributed by atoms with Gasteiger partial charge in [0.1, 0.15) is 5.69 Å². The molecule has 0 unspecified atom stereocenters. The Bertz CT molecular complexity index is 501. The van der Waals surface area contributed by atoms with Crippen LogP contribution in [0.1, 0.15) is 20.3 Å². The topological polar surface area (TPSA) is 55.1 Å². The van der Waals surface area contributed by atoms with Crippen molar-refractivity contribution in [1.29, 1.82) is 0 Å². The molecule has 0 radical (unpaired) electrons. The van der Waals surface area contributed by atoms with Gasteiger partial charge in [0.15, 0.2) is 23.3 Å². The molecule has 0 aliphatic carbocycles. The minimum Gasteiger partial charge on any atom is -0.375 e. The summed E-state index contributed by atoms with van der Waals surface area (Å²) in [6, 6.07) is 0. The largest absolute Gasteiger partial charge is 0.375 e. The molecule has 0 aromatic heterocycles. The van der Waals surface area contributed by atoms with Crippen LogP contribution in [0.5, 0.6) is 0 Å². The number of nitrogens with one attached hydrogen (secondary N) is 1. The molecular formula is C11H11F5N2O. The third-order valence-electron chi connectivity index (χ3n) is 2.29. The summed E-state index contributed by atoms with van der Waals surface area (Å²) in [6.07, 6.45) is -0.355. The van der Waals surface area contributed by atoms with Crippen LogP contribution in [0.4, 0.5) is 27.6 Å². The second kappa shape index (κ2) is 5.02. The molecule has 8 heteroatoms. The molecular weight excluding hydrogens is 271 g/mol. The van der Waals surface area contributed by atoms with Crippen LogP contribution in [-0.2, 0) is 4.79 Å². The zero-order valence-corrected chi connectivity index (χ0v) is 10.1. The molecule has 0 saturated heterocycles. The Balaban J connectivity index is 3.26. The number of primary amides is 1. The molecule has 1 aromatic carbocycles. The van der Waals surface area contributed by atoms with Gasteiger partial charge < -0.3 is 11.1 Å². The zero-order chi connectivity index (χ0) is 15.0. The Kier molecular flexibility index (Phi) is 4.02. The van der Waals surface area contributed by atoms with Crippen molar-refractivity contribution in [3.8, 4) is 0 Å². The average molecular weight is 282 g/mol. The van der Waals surface area contributed by atoms with Crippen molar-refractivity contribution in [2.75, 3.05) is 5.32 Å². The minimum absolute atomic E-state index is 0.355. The maximum Gasteiger partial charge on any atom is 0.219 e. The van der Waals surface area contributed by atoms with Crippen LogP contribution in [-0.4, -0.2) is 11.4 Å². The Morgan fingerprint density at radius 1 is 1.00 bits per heavy atom. The van der Waals surface area contributed by atoms with Crippen molar-refractivity contribution in [3.05, 3.63) is 29.1 Å². The first-order valence-corrected chi connectivity index (χ1v) is 5.14. The molecule has 0 aliphatic rings. The SMILES string of the molecule is CC(C)(CC(N)=O)Nc1c(F)c(F)c(F)c(F)c1F. The molecule has 3 nitrogen and oxygen atoms in total. The molecule has 3 N–H and O–H groups in total. The molecule has 1 aromatic rings. The monoisotopic (exact) mass is 282 g/mol. The number of hydrogen-bond acceptors (Lipinski definition) is 2. The summed E-state index contributed by atoms with van der Waals surface area (Å²) < 4.78 is 65.4. The van der Waals surface area contributed by atoms with Crippen molar-refractivity contribution < 1.29 is 26.7 Å². The molecule has 1 amide bonds. The van der Waals surface area contributed by atoms with Gasteiger partial charge in [-0.25, -0.2) is 22.0 Å². The van der Waals surface area contributed by atoms with Crippen LogP contribution in [0.15, 0.2) is 0 Å². The summed E-state index contributed by atoms with van der Waals surface area (Å²) in [4.78, 5) is 10.7. The van der Waals surface area contributed by atoms with E-state index in [-0.39, 0.29) is 6.42 Å². The van der Waals surface area contributed by atoms with Gasteiger partial charge in [0, 0.05) is 12.0 Å². The number of nitrogens with two attached hydrogens (primary N) is 1. The van der Waals surface area contributed by atoms with Gasteiger partial charge in [-0.3, -0.25) is 4.79 Å². The molecule has 19 heavy (non-hydrogen) atoms.